The van der Waals surface area contributed by atoms with Crippen LogP contribution >= 0.6 is 28.1 Å². The van der Waals surface area contributed by atoms with E-state index in [4.69, 9.17) is 12.2 Å². The highest BCUT2D eigenvalue weighted by molar-refractivity contribution is 9.10. The largest absolute Gasteiger partial charge is 0.351 e. The van der Waals surface area contributed by atoms with Crippen LogP contribution in [0.3, 0.4) is 0 Å². The fourth-order valence-electron chi connectivity index (χ4n) is 4.21. The molecule has 1 N–H and O–H groups in total. The molecule has 1 saturated heterocycles. The van der Waals surface area contributed by atoms with Gasteiger partial charge in [0.1, 0.15) is 11.9 Å². The summed E-state index contributed by atoms with van der Waals surface area (Å²) in [5, 5.41) is 4.04. The minimum absolute atomic E-state index is 0.171. The molecule has 0 bridgehead atoms. The number of hydrogen-bond donors (Lipinski definition) is 1. The number of hydrogen-bond acceptors (Lipinski definition) is 2. The molecule has 0 saturated carbocycles. The van der Waals surface area contributed by atoms with Crippen molar-refractivity contribution in [2.24, 2.45) is 0 Å². The van der Waals surface area contributed by atoms with Crippen LogP contribution in [0.15, 0.2) is 89.7 Å². The van der Waals surface area contributed by atoms with Crippen molar-refractivity contribution >= 4 is 38.9 Å². The van der Waals surface area contributed by atoms with Crippen molar-refractivity contribution in [2.75, 3.05) is 4.90 Å². The summed E-state index contributed by atoms with van der Waals surface area (Å²) >= 11 is 9.36. The average Bonchev–Trinajstić information content (AvgIpc) is 3.40. The Balaban J connectivity index is 1.68. The molecule has 32 heavy (non-hydrogen) atoms. The monoisotopic (exact) mass is 506 g/mol. The zero-order valence-electron chi connectivity index (χ0n) is 17.2. The van der Waals surface area contributed by atoms with E-state index in [2.05, 4.69) is 53.9 Å². The number of halogens is 2. The Bertz CT molecular complexity index is 1290. The second kappa shape index (κ2) is 8.48. The van der Waals surface area contributed by atoms with E-state index < -0.39 is 0 Å². The molecule has 0 unspecified atom stereocenters. The van der Waals surface area contributed by atoms with Gasteiger partial charge in [-0.3, -0.25) is 4.98 Å². The molecule has 0 spiro atoms. The Morgan fingerprint density at radius 1 is 1.00 bits per heavy atom. The number of benzene rings is 2. The van der Waals surface area contributed by atoms with Crippen LogP contribution in [-0.2, 0) is 0 Å². The van der Waals surface area contributed by atoms with Gasteiger partial charge >= 0.3 is 0 Å². The molecule has 0 aliphatic carbocycles. The number of rotatable bonds is 4. The summed E-state index contributed by atoms with van der Waals surface area (Å²) in [6, 6.07) is 22.9. The van der Waals surface area contributed by atoms with Crippen molar-refractivity contribution in [1.82, 2.24) is 14.9 Å². The molecular formula is C25H20BrFN4S. The Labute approximate surface area is 199 Å². The van der Waals surface area contributed by atoms with E-state index >= 15 is 0 Å². The minimum atomic E-state index is -0.234. The molecule has 3 heterocycles. The number of aryl methyl sites for hydroxylation is 1. The van der Waals surface area contributed by atoms with Crippen LogP contribution in [0.1, 0.15) is 29.0 Å². The predicted octanol–water partition coefficient (Wildman–Crippen LogP) is 6.26. The maximum Gasteiger partial charge on any atom is 0.174 e. The zero-order valence-corrected chi connectivity index (χ0v) is 19.6. The lowest BCUT2D eigenvalue weighted by atomic mass is 10.0. The fraction of sp³-hybridized carbons (Fsp3) is 0.120. The number of thiocarbonyl (C=S) groups is 1. The van der Waals surface area contributed by atoms with E-state index in [1.54, 1.807) is 19.2 Å². The van der Waals surface area contributed by atoms with Crippen LogP contribution in [0, 0.1) is 12.7 Å². The van der Waals surface area contributed by atoms with Crippen molar-refractivity contribution in [3.8, 4) is 5.69 Å². The Morgan fingerprint density at radius 2 is 1.88 bits per heavy atom. The fourth-order valence-corrected chi connectivity index (χ4v) is 4.94. The van der Waals surface area contributed by atoms with Gasteiger partial charge in [0.25, 0.3) is 0 Å². The maximum atomic E-state index is 14.0. The van der Waals surface area contributed by atoms with Gasteiger partial charge in [-0.15, -0.1) is 0 Å². The van der Waals surface area contributed by atoms with Crippen LogP contribution in [0.4, 0.5) is 10.1 Å². The quantitative estimate of drug-likeness (QED) is 0.331. The van der Waals surface area contributed by atoms with E-state index in [0.29, 0.717) is 10.7 Å². The van der Waals surface area contributed by atoms with E-state index in [1.165, 1.54) is 6.07 Å². The molecule has 4 aromatic rings. The topological polar surface area (TPSA) is 33.1 Å². The zero-order chi connectivity index (χ0) is 22.2. The lowest BCUT2D eigenvalue weighted by molar-refractivity contribution is 0.549. The highest BCUT2D eigenvalue weighted by Crippen LogP contribution is 2.42. The third-order valence-corrected chi connectivity index (χ3v) is 6.50. The highest BCUT2D eigenvalue weighted by Gasteiger charge is 2.42. The molecule has 0 radical (unpaired) electrons. The maximum absolute atomic E-state index is 14.0. The van der Waals surface area contributed by atoms with E-state index in [0.717, 1.165) is 27.2 Å². The van der Waals surface area contributed by atoms with Crippen LogP contribution in [0.5, 0.6) is 0 Å². The van der Waals surface area contributed by atoms with Crippen molar-refractivity contribution in [2.45, 2.75) is 19.0 Å². The van der Waals surface area contributed by atoms with Gasteiger partial charge < -0.3 is 14.8 Å². The number of nitrogens with zero attached hydrogens (tertiary/aromatic N) is 3. The summed E-state index contributed by atoms with van der Waals surface area (Å²) in [7, 11) is 0. The first-order chi connectivity index (χ1) is 15.5. The Kier molecular flexibility index (Phi) is 5.53. The Hall–Kier alpha value is -3.03. The van der Waals surface area contributed by atoms with Crippen molar-refractivity contribution in [3.63, 3.8) is 0 Å². The molecule has 160 valence electrons. The standard InChI is InChI=1S/C25H20BrFN4S/c1-16-14-19(10-11-20(16)27)31-24(23(29-25(31)32)21-8-2-3-12-28-21)22-9-5-13-30(22)18-7-4-6-17(26)15-18/h2-15,23-24H,1H3,(H,29,32)/t23-,24-/m1/s1. The van der Waals surface area contributed by atoms with Gasteiger partial charge in [0.2, 0.25) is 0 Å². The van der Waals surface area contributed by atoms with Crippen molar-refractivity contribution in [3.05, 3.63) is 112 Å². The van der Waals surface area contributed by atoms with E-state index in [-0.39, 0.29) is 17.9 Å². The summed E-state index contributed by atoms with van der Waals surface area (Å²) in [6.07, 6.45) is 3.83. The molecule has 2 aromatic heterocycles. The summed E-state index contributed by atoms with van der Waals surface area (Å²) in [5.41, 5.74) is 4.39. The van der Waals surface area contributed by atoms with Crippen LogP contribution in [0.2, 0.25) is 0 Å². The second-order valence-electron chi connectivity index (χ2n) is 7.71. The molecule has 4 nitrogen and oxygen atoms in total. The van der Waals surface area contributed by atoms with Gasteiger partial charge in [0, 0.05) is 33.9 Å². The van der Waals surface area contributed by atoms with Crippen molar-refractivity contribution < 1.29 is 4.39 Å². The smallest absolute Gasteiger partial charge is 0.174 e. The lowest BCUT2D eigenvalue weighted by Crippen LogP contribution is -2.30. The van der Waals surface area contributed by atoms with Gasteiger partial charge in [0.05, 0.1) is 11.7 Å². The summed E-state index contributed by atoms with van der Waals surface area (Å²) in [6.45, 7) is 1.76. The van der Waals surface area contributed by atoms with Gasteiger partial charge in [-0.1, -0.05) is 28.1 Å². The molecule has 2 aromatic carbocycles. The number of anilines is 1. The molecule has 5 rings (SSSR count). The highest BCUT2D eigenvalue weighted by atomic mass is 79.9. The van der Waals surface area contributed by atoms with Gasteiger partial charge in [0.15, 0.2) is 5.11 Å². The molecule has 0 amide bonds. The second-order valence-corrected chi connectivity index (χ2v) is 9.02. The molecular weight excluding hydrogens is 487 g/mol. The normalized spacial score (nSPS) is 18.1. The SMILES string of the molecule is Cc1cc(N2C(=S)N[C@H](c3ccccn3)[C@H]2c2cccn2-c2cccc(Br)c2)ccc1F. The van der Waals surface area contributed by atoms with Gasteiger partial charge in [-0.25, -0.2) is 4.39 Å². The van der Waals surface area contributed by atoms with Crippen LogP contribution < -0.4 is 10.2 Å². The molecule has 7 heteroatoms. The van der Waals surface area contributed by atoms with E-state index in [1.807, 2.05) is 48.7 Å². The molecule has 1 aliphatic rings. The molecule has 1 aliphatic heterocycles. The van der Waals surface area contributed by atoms with Gasteiger partial charge in [-0.2, -0.15) is 0 Å². The van der Waals surface area contributed by atoms with Gasteiger partial charge in [-0.05, 0) is 85.4 Å². The first-order valence-corrected chi connectivity index (χ1v) is 11.4. The van der Waals surface area contributed by atoms with Crippen LogP contribution in [0.25, 0.3) is 5.69 Å². The third-order valence-electron chi connectivity index (χ3n) is 5.69. The predicted molar refractivity (Wildman–Crippen MR) is 133 cm³/mol. The van der Waals surface area contributed by atoms with Crippen LogP contribution in [-0.4, -0.2) is 14.7 Å². The molecule has 2 atom stereocenters. The first-order valence-electron chi connectivity index (χ1n) is 10.2. The van der Waals surface area contributed by atoms with Crippen molar-refractivity contribution in [1.29, 1.82) is 0 Å². The lowest BCUT2D eigenvalue weighted by Gasteiger charge is -2.29. The first kappa shape index (κ1) is 20.8. The Morgan fingerprint density at radius 3 is 2.62 bits per heavy atom. The summed E-state index contributed by atoms with van der Waals surface area (Å²) in [4.78, 5) is 6.67. The summed E-state index contributed by atoms with van der Waals surface area (Å²) < 4.78 is 17.2. The molecule has 1 fully saturated rings. The average molecular weight is 507 g/mol. The third kappa shape index (κ3) is 3.72. The number of pyridine rings is 1. The number of aromatic nitrogens is 2. The number of nitrogens with one attached hydrogen (secondary N) is 1. The minimum Gasteiger partial charge on any atom is -0.351 e. The summed E-state index contributed by atoms with van der Waals surface area (Å²) in [5.74, 6) is -0.234. The van der Waals surface area contributed by atoms with E-state index in [9.17, 15) is 4.39 Å².